The lowest BCUT2D eigenvalue weighted by Gasteiger charge is -2.12. The van der Waals surface area contributed by atoms with Gasteiger partial charge in [0.05, 0.1) is 3.57 Å². The lowest BCUT2D eigenvalue weighted by atomic mass is 10.3. The van der Waals surface area contributed by atoms with Crippen molar-refractivity contribution in [1.29, 1.82) is 5.26 Å². The molecule has 0 saturated carbocycles. The zero-order valence-electron chi connectivity index (χ0n) is 12.7. The van der Waals surface area contributed by atoms with Gasteiger partial charge in [0.2, 0.25) is 5.88 Å². The molecule has 0 aliphatic heterocycles. The molecule has 5 nitrogen and oxygen atoms in total. The number of hydrogen-bond donors (Lipinski definition) is 1. The first-order valence-electron chi connectivity index (χ1n) is 7.00. The predicted molar refractivity (Wildman–Crippen MR) is 98.6 cm³/mol. The molecule has 1 N–H and O–H groups in total. The minimum atomic E-state index is -4.52. The summed E-state index contributed by atoms with van der Waals surface area (Å²) in [7, 11) is 0. The number of halogens is 4. The molecule has 0 amide bonds. The second kappa shape index (κ2) is 7.46. The van der Waals surface area contributed by atoms with Gasteiger partial charge in [0, 0.05) is 5.38 Å². The Labute approximate surface area is 163 Å². The van der Waals surface area contributed by atoms with Crippen molar-refractivity contribution in [3.05, 3.63) is 56.7 Å². The molecule has 0 radical (unpaired) electrons. The molecule has 3 rings (SSSR count). The molecule has 132 valence electrons. The average molecular weight is 488 g/mol. The van der Waals surface area contributed by atoms with E-state index in [1.807, 2.05) is 18.2 Å². The maximum atomic E-state index is 12.7. The quantitative estimate of drug-likeness (QED) is 0.487. The van der Waals surface area contributed by atoms with E-state index in [4.69, 9.17) is 10.00 Å². The normalized spacial score (nSPS) is 11.0. The van der Waals surface area contributed by atoms with Gasteiger partial charge in [-0.25, -0.2) is 9.97 Å². The summed E-state index contributed by atoms with van der Waals surface area (Å²) in [5, 5.41) is 12.8. The molecule has 0 spiro atoms. The summed E-state index contributed by atoms with van der Waals surface area (Å²) < 4.78 is 44.6. The molecule has 1 aromatic carbocycles. The van der Waals surface area contributed by atoms with Gasteiger partial charge in [-0.3, -0.25) is 0 Å². The Bertz CT molecular complexity index is 984. The van der Waals surface area contributed by atoms with Gasteiger partial charge in [0.25, 0.3) is 0 Å². The highest BCUT2D eigenvalue weighted by Gasteiger charge is 2.33. The number of nitriles is 1. The first-order chi connectivity index (χ1) is 12.4. The van der Waals surface area contributed by atoms with Gasteiger partial charge in [-0.15, -0.1) is 11.3 Å². The molecule has 0 aliphatic rings. The van der Waals surface area contributed by atoms with Crippen molar-refractivity contribution in [1.82, 2.24) is 9.97 Å². The number of ether oxygens (including phenoxy) is 1. The number of benzene rings is 1. The number of anilines is 2. The standard InChI is InChI=1S/C16H8F3IN4OS/c17-16(18,19)13-8-26-15(24-13)23-11-6-5-9(7-21)22-14(11)25-12-4-2-1-3-10(12)20/h1-6,8H,(H,23,24). The number of rotatable bonds is 4. The molecule has 0 bridgehead atoms. The van der Waals surface area contributed by atoms with Crippen LogP contribution in [-0.2, 0) is 6.18 Å². The number of alkyl halides is 3. The van der Waals surface area contributed by atoms with Crippen molar-refractivity contribution < 1.29 is 17.9 Å². The molecule has 0 unspecified atom stereocenters. The van der Waals surface area contributed by atoms with Gasteiger partial charge >= 0.3 is 6.18 Å². The van der Waals surface area contributed by atoms with E-state index >= 15 is 0 Å². The maximum Gasteiger partial charge on any atom is 0.434 e. The number of thiazole rings is 1. The highest BCUT2D eigenvalue weighted by molar-refractivity contribution is 14.1. The summed E-state index contributed by atoms with van der Waals surface area (Å²) in [6, 6.07) is 12.0. The Morgan fingerprint density at radius 2 is 1.92 bits per heavy atom. The lowest BCUT2D eigenvalue weighted by Crippen LogP contribution is -2.05. The molecule has 0 fully saturated rings. The number of hydrogen-bond acceptors (Lipinski definition) is 6. The molecule has 0 aliphatic carbocycles. The van der Waals surface area contributed by atoms with Gasteiger partial charge < -0.3 is 10.1 Å². The number of pyridine rings is 1. The number of nitrogens with zero attached hydrogens (tertiary/aromatic N) is 3. The summed E-state index contributed by atoms with van der Waals surface area (Å²) in [4.78, 5) is 7.60. The Morgan fingerprint density at radius 3 is 2.58 bits per heavy atom. The van der Waals surface area contributed by atoms with Gasteiger partial charge in [0.1, 0.15) is 23.2 Å². The van der Waals surface area contributed by atoms with E-state index < -0.39 is 11.9 Å². The third-order valence-corrected chi connectivity index (χ3v) is 4.70. The molecular weight excluding hydrogens is 480 g/mol. The minimum absolute atomic E-state index is 0.0384. The molecular formula is C16H8F3IN4OS. The van der Waals surface area contributed by atoms with Crippen molar-refractivity contribution in [2.75, 3.05) is 5.32 Å². The van der Waals surface area contributed by atoms with Crippen LogP contribution in [0.25, 0.3) is 0 Å². The van der Waals surface area contributed by atoms with Crippen LogP contribution in [0.15, 0.2) is 41.8 Å². The van der Waals surface area contributed by atoms with Crippen LogP contribution < -0.4 is 10.1 Å². The van der Waals surface area contributed by atoms with E-state index in [1.54, 1.807) is 12.1 Å². The van der Waals surface area contributed by atoms with Crippen molar-refractivity contribution in [2.45, 2.75) is 6.18 Å². The number of para-hydroxylation sites is 1. The third kappa shape index (κ3) is 4.23. The first-order valence-corrected chi connectivity index (χ1v) is 8.96. The molecule has 26 heavy (non-hydrogen) atoms. The van der Waals surface area contributed by atoms with E-state index in [0.717, 1.165) is 20.3 Å². The number of aromatic nitrogens is 2. The SMILES string of the molecule is N#Cc1ccc(Nc2nc(C(F)(F)F)cs2)c(Oc2ccccc2I)n1. The van der Waals surface area contributed by atoms with Crippen LogP contribution in [0, 0.1) is 14.9 Å². The maximum absolute atomic E-state index is 12.7. The molecule has 10 heteroatoms. The Hall–Kier alpha value is -2.39. The van der Waals surface area contributed by atoms with E-state index in [-0.39, 0.29) is 16.7 Å². The smallest absolute Gasteiger partial charge is 0.434 e. The third-order valence-electron chi connectivity index (χ3n) is 3.05. The van der Waals surface area contributed by atoms with Crippen molar-refractivity contribution in [3.8, 4) is 17.7 Å². The van der Waals surface area contributed by atoms with E-state index in [0.29, 0.717) is 11.4 Å². The summed E-state index contributed by atoms with van der Waals surface area (Å²) in [5.74, 6) is 0.575. The fourth-order valence-corrected chi connectivity index (χ4v) is 3.11. The average Bonchev–Trinajstić information content (AvgIpc) is 3.07. The Morgan fingerprint density at radius 1 is 1.15 bits per heavy atom. The molecule has 0 atom stereocenters. The van der Waals surface area contributed by atoms with Crippen molar-refractivity contribution >= 4 is 44.7 Å². The van der Waals surface area contributed by atoms with Crippen LogP contribution in [-0.4, -0.2) is 9.97 Å². The topological polar surface area (TPSA) is 70.8 Å². The lowest BCUT2D eigenvalue weighted by molar-refractivity contribution is -0.140. The highest BCUT2D eigenvalue weighted by atomic mass is 127. The zero-order valence-corrected chi connectivity index (χ0v) is 15.7. The van der Waals surface area contributed by atoms with Gasteiger partial charge in [-0.05, 0) is 46.9 Å². The van der Waals surface area contributed by atoms with E-state index in [9.17, 15) is 13.2 Å². The van der Waals surface area contributed by atoms with Crippen LogP contribution in [0.2, 0.25) is 0 Å². The van der Waals surface area contributed by atoms with Crippen LogP contribution in [0.3, 0.4) is 0 Å². The van der Waals surface area contributed by atoms with E-state index in [1.165, 1.54) is 12.1 Å². The molecule has 2 heterocycles. The van der Waals surface area contributed by atoms with Crippen LogP contribution >= 0.6 is 33.9 Å². The Balaban J connectivity index is 1.93. The zero-order chi connectivity index (χ0) is 18.7. The monoisotopic (exact) mass is 488 g/mol. The van der Waals surface area contributed by atoms with Crippen LogP contribution in [0.5, 0.6) is 11.6 Å². The molecule has 0 saturated heterocycles. The van der Waals surface area contributed by atoms with Gasteiger partial charge in [-0.2, -0.15) is 18.4 Å². The van der Waals surface area contributed by atoms with Gasteiger partial charge in [-0.1, -0.05) is 12.1 Å². The summed E-state index contributed by atoms with van der Waals surface area (Å²) in [5.41, 5.74) is -0.565. The van der Waals surface area contributed by atoms with Crippen molar-refractivity contribution in [3.63, 3.8) is 0 Å². The highest BCUT2D eigenvalue weighted by Crippen LogP contribution is 2.35. The Kier molecular flexibility index (Phi) is 5.28. The first kappa shape index (κ1) is 18.4. The number of nitrogens with one attached hydrogen (secondary N) is 1. The second-order valence-electron chi connectivity index (χ2n) is 4.85. The molecule has 2 aromatic heterocycles. The molecule has 3 aromatic rings. The fraction of sp³-hybridized carbons (Fsp3) is 0.0625. The predicted octanol–water partition coefficient (Wildman–Crippen LogP) is 5.57. The minimum Gasteiger partial charge on any atom is -0.436 e. The summed E-state index contributed by atoms with van der Waals surface area (Å²) in [6.07, 6.45) is -4.52. The summed E-state index contributed by atoms with van der Waals surface area (Å²) >= 11 is 2.89. The second-order valence-corrected chi connectivity index (χ2v) is 6.87. The fourth-order valence-electron chi connectivity index (χ4n) is 1.88. The van der Waals surface area contributed by atoms with E-state index in [2.05, 4.69) is 37.9 Å². The largest absolute Gasteiger partial charge is 0.436 e. The summed E-state index contributed by atoms with van der Waals surface area (Å²) in [6.45, 7) is 0. The van der Waals surface area contributed by atoms with Crippen molar-refractivity contribution in [2.24, 2.45) is 0 Å². The van der Waals surface area contributed by atoms with Gasteiger partial charge in [0.15, 0.2) is 10.8 Å². The van der Waals surface area contributed by atoms with Crippen LogP contribution in [0.4, 0.5) is 24.0 Å². The van der Waals surface area contributed by atoms with Crippen LogP contribution in [0.1, 0.15) is 11.4 Å².